The molecule has 0 atom stereocenters. The van der Waals surface area contributed by atoms with Crippen LogP contribution in [0.1, 0.15) is 20.3 Å². The second kappa shape index (κ2) is 9.41. The number of hydrogen-bond acceptors (Lipinski definition) is 1. The summed E-state index contributed by atoms with van der Waals surface area (Å²) >= 11 is 0. The van der Waals surface area contributed by atoms with E-state index in [4.69, 9.17) is 0 Å². The number of rotatable bonds is 5. The first-order chi connectivity index (χ1) is 10.6. The lowest BCUT2D eigenvalue weighted by molar-refractivity contribution is 0.628. The highest BCUT2D eigenvalue weighted by Crippen LogP contribution is 2.17. The molecule has 0 saturated heterocycles. The molecule has 0 saturated carbocycles. The third kappa shape index (κ3) is 5.85. The van der Waals surface area contributed by atoms with E-state index in [1.807, 2.05) is 50.1 Å². The lowest BCUT2D eigenvalue weighted by Gasteiger charge is -2.19. The van der Waals surface area contributed by atoms with Gasteiger partial charge in [-0.1, -0.05) is 42.7 Å². The van der Waals surface area contributed by atoms with Crippen molar-refractivity contribution < 1.29 is 4.39 Å². The Hall–Kier alpha value is -2.53. The van der Waals surface area contributed by atoms with Crippen LogP contribution in [0, 0.1) is 17.7 Å². The lowest BCUT2D eigenvalue weighted by atomic mass is 10.2. The highest BCUT2D eigenvalue weighted by atomic mass is 19.1. The smallest absolute Gasteiger partial charge is 0.123 e. The fraction of sp³-hybridized carbons (Fsp3) is 0.200. The average Bonchev–Trinajstić information content (AvgIpc) is 2.54. The van der Waals surface area contributed by atoms with Crippen LogP contribution in [0.25, 0.3) is 0 Å². The molecule has 0 aromatic heterocycles. The van der Waals surface area contributed by atoms with Gasteiger partial charge in [-0.25, -0.2) is 4.39 Å². The van der Waals surface area contributed by atoms with Gasteiger partial charge in [0.2, 0.25) is 0 Å². The molecule has 0 amide bonds. The molecule has 0 fully saturated rings. The van der Waals surface area contributed by atoms with Crippen molar-refractivity contribution in [1.29, 1.82) is 0 Å². The molecule has 0 radical (unpaired) electrons. The Morgan fingerprint density at radius 3 is 2.59 bits per heavy atom. The monoisotopic (exact) mass is 295 g/mol. The summed E-state index contributed by atoms with van der Waals surface area (Å²) in [6.45, 7) is 7.71. The van der Waals surface area contributed by atoms with E-state index in [1.165, 1.54) is 12.1 Å². The van der Waals surface area contributed by atoms with E-state index >= 15 is 0 Å². The Balaban J connectivity index is 2.70. The minimum absolute atomic E-state index is 0.227. The Bertz CT molecular complexity index is 637. The van der Waals surface area contributed by atoms with Crippen LogP contribution >= 0.6 is 0 Å². The van der Waals surface area contributed by atoms with Crippen molar-refractivity contribution >= 4 is 5.69 Å². The van der Waals surface area contributed by atoms with E-state index in [0.717, 1.165) is 17.0 Å². The van der Waals surface area contributed by atoms with E-state index in [2.05, 4.69) is 18.4 Å². The van der Waals surface area contributed by atoms with Gasteiger partial charge in [0.1, 0.15) is 5.82 Å². The molecule has 2 heteroatoms. The van der Waals surface area contributed by atoms with Gasteiger partial charge in [-0.3, -0.25) is 0 Å². The predicted octanol–water partition coefficient (Wildman–Crippen LogP) is 5.25. The first-order valence-corrected chi connectivity index (χ1v) is 7.18. The number of allylic oxidation sites excluding steroid dienone is 7. The minimum Gasteiger partial charge on any atom is -0.349 e. The molecule has 1 rings (SSSR count). The SMILES string of the molecule is C=C/C(C#CC/C=C(/C)N(C)c1ccc(F)cc1)=C\C=C/C. The third-order valence-electron chi connectivity index (χ3n) is 3.16. The van der Waals surface area contributed by atoms with Crippen LogP contribution < -0.4 is 4.90 Å². The molecule has 0 aliphatic rings. The fourth-order valence-corrected chi connectivity index (χ4v) is 1.72. The molecule has 22 heavy (non-hydrogen) atoms. The second-order valence-corrected chi connectivity index (χ2v) is 4.74. The van der Waals surface area contributed by atoms with E-state index in [9.17, 15) is 4.39 Å². The van der Waals surface area contributed by atoms with Crippen molar-refractivity contribution in [3.63, 3.8) is 0 Å². The van der Waals surface area contributed by atoms with E-state index < -0.39 is 0 Å². The summed E-state index contributed by atoms with van der Waals surface area (Å²) in [7, 11) is 1.95. The van der Waals surface area contributed by atoms with Crippen LogP contribution in [0.3, 0.4) is 0 Å². The predicted molar refractivity (Wildman–Crippen MR) is 94.0 cm³/mol. The van der Waals surface area contributed by atoms with Gasteiger partial charge in [0, 0.05) is 30.4 Å². The molecule has 0 aliphatic heterocycles. The number of anilines is 1. The first-order valence-electron chi connectivity index (χ1n) is 7.18. The molecule has 0 unspecified atom stereocenters. The molecule has 1 aromatic carbocycles. The van der Waals surface area contributed by atoms with Crippen molar-refractivity contribution in [1.82, 2.24) is 0 Å². The number of halogens is 1. The molecular formula is C20H22FN. The fourth-order valence-electron chi connectivity index (χ4n) is 1.72. The Morgan fingerprint density at radius 1 is 1.32 bits per heavy atom. The zero-order chi connectivity index (χ0) is 16.4. The summed E-state index contributed by atoms with van der Waals surface area (Å²) in [6.07, 6.45) is 10.3. The summed E-state index contributed by atoms with van der Waals surface area (Å²) in [5.41, 5.74) is 2.91. The van der Waals surface area contributed by atoms with Gasteiger partial charge in [0.15, 0.2) is 0 Å². The van der Waals surface area contributed by atoms with Crippen molar-refractivity contribution in [3.05, 3.63) is 78.3 Å². The molecule has 0 aliphatic carbocycles. The normalized spacial score (nSPS) is 12.0. The quantitative estimate of drug-likeness (QED) is 0.530. The third-order valence-corrected chi connectivity index (χ3v) is 3.16. The Kier molecular flexibility index (Phi) is 7.50. The van der Waals surface area contributed by atoms with Crippen molar-refractivity contribution in [2.24, 2.45) is 0 Å². The largest absolute Gasteiger partial charge is 0.349 e. The van der Waals surface area contributed by atoms with E-state index in [1.54, 1.807) is 18.2 Å². The molecule has 1 aromatic rings. The highest BCUT2D eigenvalue weighted by Gasteiger charge is 2.01. The topological polar surface area (TPSA) is 3.24 Å². The molecule has 0 spiro atoms. The highest BCUT2D eigenvalue weighted by molar-refractivity contribution is 5.50. The van der Waals surface area contributed by atoms with Gasteiger partial charge >= 0.3 is 0 Å². The van der Waals surface area contributed by atoms with Crippen molar-refractivity contribution in [2.75, 3.05) is 11.9 Å². The van der Waals surface area contributed by atoms with Gasteiger partial charge in [0.05, 0.1) is 0 Å². The molecule has 0 bridgehead atoms. The summed E-state index contributed by atoms with van der Waals surface area (Å²) in [5.74, 6) is 5.95. The summed E-state index contributed by atoms with van der Waals surface area (Å²) in [6, 6.07) is 6.44. The van der Waals surface area contributed by atoms with Crippen LogP contribution in [0.15, 0.2) is 72.5 Å². The van der Waals surface area contributed by atoms with E-state index in [-0.39, 0.29) is 5.82 Å². The minimum atomic E-state index is -0.227. The summed E-state index contributed by atoms with van der Waals surface area (Å²) in [5, 5.41) is 0. The van der Waals surface area contributed by atoms with Gasteiger partial charge in [-0.15, -0.1) is 0 Å². The first kappa shape index (κ1) is 17.5. The van der Waals surface area contributed by atoms with Gasteiger partial charge in [-0.05, 0) is 44.2 Å². The van der Waals surface area contributed by atoms with Gasteiger partial charge in [-0.2, -0.15) is 0 Å². The summed E-state index contributed by atoms with van der Waals surface area (Å²) in [4.78, 5) is 2.01. The molecule has 0 N–H and O–H groups in total. The maximum atomic E-state index is 12.9. The van der Waals surface area contributed by atoms with Gasteiger partial charge in [0.25, 0.3) is 0 Å². The standard InChI is InChI=1S/C20H22FN/c1-5-7-11-18(6-2)12-9-8-10-17(3)22(4)20-15-13-19(21)14-16-20/h5-7,10-11,13-16H,2,8H2,1,3-4H3/b7-5-,17-10-,18-11+. The number of benzene rings is 1. The molecule has 0 heterocycles. The van der Waals surface area contributed by atoms with E-state index in [0.29, 0.717) is 6.42 Å². The Morgan fingerprint density at radius 2 is 2.00 bits per heavy atom. The maximum Gasteiger partial charge on any atom is 0.123 e. The summed E-state index contributed by atoms with van der Waals surface area (Å²) < 4.78 is 12.9. The Labute approximate surface area is 133 Å². The van der Waals surface area contributed by atoms with Crippen LogP contribution in [0.5, 0.6) is 0 Å². The maximum absolute atomic E-state index is 12.9. The molecule has 114 valence electrons. The van der Waals surface area contributed by atoms with Gasteiger partial charge < -0.3 is 4.90 Å². The molecular weight excluding hydrogens is 273 g/mol. The zero-order valence-electron chi connectivity index (χ0n) is 13.4. The second-order valence-electron chi connectivity index (χ2n) is 4.74. The zero-order valence-corrected chi connectivity index (χ0v) is 13.4. The number of nitrogens with zero attached hydrogens (tertiary/aromatic N) is 1. The van der Waals surface area contributed by atoms with Crippen LogP contribution in [0.4, 0.5) is 10.1 Å². The van der Waals surface area contributed by atoms with Crippen LogP contribution in [-0.2, 0) is 0 Å². The number of hydrogen-bond donors (Lipinski definition) is 0. The van der Waals surface area contributed by atoms with Crippen molar-refractivity contribution in [2.45, 2.75) is 20.3 Å². The van der Waals surface area contributed by atoms with Crippen LogP contribution in [-0.4, -0.2) is 7.05 Å². The van der Waals surface area contributed by atoms with Crippen molar-refractivity contribution in [3.8, 4) is 11.8 Å². The van der Waals surface area contributed by atoms with Crippen LogP contribution in [0.2, 0.25) is 0 Å². The average molecular weight is 295 g/mol. The lowest BCUT2D eigenvalue weighted by Crippen LogP contribution is -2.13. The molecule has 1 nitrogen and oxygen atoms in total.